The Labute approximate surface area is 201 Å². The number of nitrogens with two attached hydrogens (primary N) is 1. The lowest BCUT2D eigenvalue weighted by Crippen LogP contribution is -2.73. The quantitative estimate of drug-likeness (QED) is 0.328. The summed E-state index contributed by atoms with van der Waals surface area (Å²) in [6, 6.07) is 1.69. The van der Waals surface area contributed by atoms with Crippen molar-refractivity contribution >= 4 is 29.1 Å². The highest BCUT2D eigenvalue weighted by Crippen LogP contribution is 2.52. The summed E-state index contributed by atoms with van der Waals surface area (Å²) in [6.45, 7) is 0. The van der Waals surface area contributed by atoms with E-state index in [9.17, 15) is 39.6 Å². The number of primary amides is 1. The first-order chi connectivity index (χ1) is 16.2. The number of carbonyl (C=O) groups excluding carboxylic acids is 4. The van der Waals surface area contributed by atoms with E-state index in [2.05, 4.69) is 0 Å². The first-order valence-corrected chi connectivity index (χ1v) is 11.2. The molecule has 3 aliphatic rings. The predicted octanol–water partition coefficient (Wildman–Crippen LogP) is -1.17. The summed E-state index contributed by atoms with van der Waals surface area (Å²) in [4.78, 5) is 54.7. The van der Waals surface area contributed by atoms with Crippen molar-refractivity contribution in [2.45, 2.75) is 30.6 Å². The number of Topliss-reactive ketones (excluding diaryl/α,β-unsaturated/α-hetero) is 2. The van der Waals surface area contributed by atoms with Crippen molar-refractivity contribution < 1.29 is 39.6 Å². The summed E-state index contributed by atoms with van der Waals surface area (Å²) in [7, 11) is 6.28. The zero-order valence-corrected chi connectivity index (χ0v) is 19.8. The van der Waals surface area contributed by atoms with Gasteiger partial charge in [-0.05, 0) is 50.6 Å². The molecular weight excluding hydrogens is 458 g/mol. The maximum atomic E-state index is 13.7. The van der Waals surface area contributed by atoms with E-state index in [1.165, 1.54) is 21.9 Å². The smallest absolute Gasteiger partial charge is 0.253 e. The molecule has 188 valence electrons. The molecule has 6 atom stereocenters. The molecule has 1 aromatic carbocycles. The number of hydrogen-bond acceptors (Lipinski definition) is 9. The molecule has 6 N–H and O–H groups in total. The van der Waals surface area contributed by atoms with E-state index >= 15 is 0 Å². The average Bonchev–Trinajstić information content (AvgIpc) is 2.75. The molecule has 0 spiro atoms. The number of phenolic OH excluding ortho intramolecular Hbond substituents is 1. The van der Waals surface area contributed by atoms with Gasteiger partial charge in [0.2, 0.25) is 11.7 Å². The minimum Gasteiger partial charge on any atom is -0.507 e. The fourth-order valence-corrected chi connectivity index (χ4v) is 6.05. The largest absolute Gasteiger partial charge is 0.507 e. The van der Waals surface area contributed by atoms with Crippen molar-refractivity contribution in [2.24, 2.45) is 23.5 Å². The Morgan fingerprint density at radius 1 is 1.11 bits per heavy atom. The maximum Gasteiger partial charge on any atom is 0.253 e. The molecule has 3 aliphatic carbocycles. The molecule has 2 saturated carbocycles. The van der Waals surface area contributed by atoms with Gasteiger partial charge in [-0.1, -0.05) is 0 Å². The Morgan fingerprint density at radius 2 is 1.74 bits per heavy atom. The third kappa shape index (κ3) is 3.29. The van der Waals surface area contributed by atoms with Gasteiger partial charge in [0.05, 0.1) is 11.7 Å². The van der Waals surface area contributed by atoms with Gasteiger partial charge >= 0.3 is 0 Å². The monoisotopic (exact) mass is 487 g/mol. The van der Waals surface area contributed by atoms with E-state index in [1.54, 1.807) is 28.2 Å². The number of ketones is 2. The second kappa shape index (κ2) is 8.14. The van der Waals surface area contributed by atoms with Crippen LogP contribution < -0.4 is 5.73 Å². The van der Waals surface area contributed by atoms with E-state index in [0.29, 0.717) is 5.56 Å². The number of fused-ring (bicyclic) bond motifs is 3. The van der Waals surface area contributed by atoms with Crippen LogP contribution in [-0.2, 0) is 20.8 Å². The number of phenols is 1. The van der Waals surface area contributed by atoms with Crippen LogP contribution in [0.25, 0.3) is 5.76 Å². The molecule has 0 aliphatic heterocycles. The van der Waals surface area contributed by atoms with Gasteiger partial charge in [-0.3, -0.25) is 19.2 Å². The van der Waals surface area contributed by atoms with Crippen molar-refractivity contribution in [3.05, 3.63) is 34.4 Å². The van der Waals surface area contributed by atoms with Crippen molar-refractivity contribution in [2.75, 3.05) is 28.2 Å². The van der Waals surface area contributed by atoms with Crippen molar-refractivity contribution in [3.63, 3.8) is 0 Å². The molecule has 11 heteroatoms. The number of hydrogen-bond donors (Lipinski definition) is 5. The van der Waals surface area contributed by atoms with Crippen LogP contribution in [0.4, 0.5) is 0 Å². The topological polar surface area (TPSA) is 182 Å². The van der Waals surface area contributed by atoms with Gasteiger partial charge in [0.15, 0.2) is 11.4 Å². The first-order valence-electron chi connectivity index (χ1n) is 11.2. The average molecular weight is 488 g/mol. The highest BCUT2D eigenvalue weighted by molar-refractivity contribution is 6.25. The Morgan fingerprint density at radius 3 is 2.29 bits per heavy atom. The van der Waals surface area contributed by atoms with Gasteiger partial charge in [0, 0.05) is 37.2 Å². The molecule has 0 saturated heterocycles. The number of nitrogens with zero attached hydrogens (tertiary/aromatic N) is 2. The maximum absolute atomic E-state index is 13.7. The van der Waals surface area contributed by atoms with Gasteiger partial charge < -0.3 is 36.0 Å². The Hall–Kier alpha value is -3.28. The van der Waals surface area contributed by atoms with Gasteiger partial charge in [-0.15, -0.1) is 0 Å². The zero-order valence-electron chi connectivity index (χ0n) is 19.8. The number of benzene rings is 1. The summed E-state index contributed by atoms with van der Waals surface area (Å²) >= 11 is 0. The summed E-state index contributed by atoms with van der Waals surface area (Å²) in [5, 5.41) is 44.1. The van der Waals surface area contributed by atoms with E-state index in [-0.39, 0.29) is 41.2 Å². The van der Waals surface area contributed by atoms with Crippen molar-refractivity contribution in [1.82, 2.24) is 9.80 Å². The lowest BCUT2D eigenvalue weighted by Gasteiger charge is -2.53. The van der Waals surface area contributed by atoms with Crippen LogP contribution in [0.2, 0.25) is 0 Å². The minimum absolute atomic E-state index is 0.0105. The highest BCUT2D eigenvalue weighted by atomic mass is 16.3. The number of amides is 2. The number of likely N-dealkylation sites (N-methyl/N-ethyl adjacent to an activating group) is 1. The van der Waals surface area contributed by atoms with Crippen LogP contribution in [-0.4, -0.2) is 99.5 Å². The molecule has 2 amide bonds. The Bertz CT molecular complexity index is 1190. The van der Waals surface area contributed by atoms with E-state index in [1.807, 2.05) is 0 Å². The van der Waals surface area contributed by atoms with Crippen LogP contribution in [0.15, 0.2) is 17.7 Å². The lowest BCUT2D eigenvalue weighted by molar-refractivity contribution is -0.184. The van der Waals surface area contributed by atoms with Crippen LogP contribution >= 0.6 is 0 Å². The molecule has 4 rings (SSSR count). The van der Waals surface area contributed by atoms with E-state index in [4.69, 9.17) is 5.73 Å². The van der Waals surface area contributed by atoms with Crippen molar-refractivity contribution in [1.29, 1.82) is 0 Å². The highest BCUT2D eigenvalue weighted by Gasteiger charge is 2.67. The third-order valence-corrected chi connectivity index (χ3v) is 7.61. The summed E-state index contributed by atoms with van der Waals surface area (Å²) in [5.41, 5.74) is 2.85. The van der Waals surface area contributed by atoms with Gasteiger partial charge in [-0.2, -0.15) is 0 Å². The summed E-state index contributed by atoms with van der Waals surface area (Å²) in [6.07, 6.45) is -1.50. The normalized spacial score (nSPS) is 32.1. The second-order valence-corrected chi connectivity index (χ2v) is 9.98. The Kier molecular flexibility index (Phi) is 5.78. The lowest BCUT2D eigenvalue weighted by atomic mass is 9.54. The number of carbonyl (C=O) groups is 4. The number of aliphatic hydroxyl groups is 3. The van der Waals surface area contributed by atoms with Crippen LogP contribution in [0.5, 0.6) is 5.75 Å². The molecule has 2 fully saturated rings. The Balaban J connectivity index is 1.94. The van der Waals surface area contributed by atoms with E-state index < -0.39 is 58.7 Å². The molecule has 0 radical (unpaired) electrons. The molecule has 0 bridgehead atoms. The number of rotatable bonds is 3. The molecule has 1 aromatic rings. The predicted molar refractivity (Wildman–Crippen MR) is 122 cm³/mol. The molecular formula is C24H29N3O8. The number of aromatic hydroxyl groups is 1. The minimum atomic E-state index is -2.71. The van der Waals surface area contributed by atoms with Gasteiger partial charge in [-0.25, -0.2) is 0 Å². The molecule has 0 heterocycles. The third-order valence-electron chi connectivity index (χ3n) is 7.61. The zero-order chi connectivity index (χ0) is 26.1. The molecule has 35 heavy (non-hydrogen) atoms. The molecule has 0 aromatic heterocycles. The summed E-state index contributed by atoms with van der Waals surface area (Å²) < 4.78 is 0. The van der Waals surface area contributed by atoms with Gasteiger partial charge in [0.1, 0.15) is 17.4 Å². The fourth-order valence-electron chi connectivity index (χ4n) is 6.05. The van der Waals surface area contributed by atoms with Crippen LogP contribution in [0.1, 0.15) is 27.9 Å². The first kappa shape index (κ1) is 24.8. The molecule has 3 unspecified atom stereocenters. The van der Waals surface area contributed by atoms with Gasteiger partial charge in [0.25, 0.3) is 5.91 Å². The summed E-state index contributed by atoms with van der Waals surface area (Å²) in [5.74, 6) is -8.50. The van der Waals surface area contributed by atoms with Crippen LogP contribution in [0, 0.1) is 17.8 Å². The standard InChI is InChI=1S/C24H29N3O8/c1-26(2)17-12-8-9-7-11-10(23(34)27(3)4)5-6-13(28)15(11)18(29)14(9)20(31)24(12,35)21(32)16(19(17)30)22(25)33/h5-6,9,12,16-17,19,28-30,35H,7-8H2,1-4H3,(H2,25,33)/t9-,12-,16?,17?,19?,24-/m1/s1. The van der Waals surface area contributed by atoms with Crippen molar-refractivity contribution in [3.8, 4) is 5.75 Å². The van der Waals surface area contributed by atoms with Crippen LogP contribution in [0.3, 0.4) is 0 Å². The van der Waals surface area contributed by atoms with E-state index in [0.717, 1.165) is 0 Å². The number of aliphatic hydroxyl groups excluding tert-OH is 2. The molecule has 11 nitrogen and oxygen atoms in total. The SMILES string of the molecule is CN(C)C(=O)c1ccc(O)c2c1C[C@@H]1C[C@@H]3C(N(C)C)C(O)C(C(N)=O)C(=O)[C@]3(O)C(=O)C1=C2O. The second-order valence-electron chi connectivity index (χ2n) is 9.98. The fraction of sp³-hybridized carbons (Fsp3) is 0.500.